The maximum atomic E-state index is 13.6. The van der Waals surface area contributed by atoms with Crippen LogP contribution < -0.4 is 19.4 Å². The third-order valence-corrected chi connectivity index (χ3v) is 5.91. The predicted molar refractivity (Wildman–Crippen MR) is 119 cm³/mol. The molecule has 0 aliphatic carbocycles. The molecule has 2 fully saturated rings. The van der Waals surface area contributed by atoms with Gasteiger partial charge in [0.25, 0.3) is 5.91 Å². The number of anilines is 2. The van der Waals surface area contributed by atoms with Crippen LogP contribution in [0.5, 0.6) is 11.5 Å². The number of hydrogen-bond donors (Lipinski definition) is 0. The predicted octanol–water partition coefficient (Wildman–Crippen LogP) is 3.75. The summed E-state index contributed by atoms with van der Waals surface area (Å²) in [6.45, 7) is 0. The third-order valence-electron chi connectivity index (χ3n) is 5.91. The van der Waals surface area contributed by atoms with Gasteiger partial charge in [0.05, 0.1) is 31.6 Å². The van der Waals surface area contributed by atoms with Crippen molar-refractivity contribution in [3.63, 3.8) is 0 Å². The number of methoxy groups -OCH3 is 2. The first kappa shape index (κ1) is 20.1. The van der Waals surface area contributed by atoms with E-state index in [9.17, 15) is 9.59 Å². The van der Waals surface area contributed by atoms with Crippen molar-refractivity contribution in [2.45, 2.75) is 12.1 Å². The fraction of sp³-hybridized carbons (Fsp3) is 0.200. The minimum Gasteiger partial charge on any atom is -0.497 e. The van der Waals surface area contributed by atoms with Crippen molar-refractivity contribution < 1.29 is 23.9 Å². The summed E-state index contributed by atoms with van der Waals surface area (Å²) in [4.78, 5) is 34.2. The van der Waals surface area contributed by atoms with Crippen LogP contribution in [0.3, 0.4) is 0 Å². The van der Waals surface area contributed by atoms with Crippen LogP contribution in [-0.4, -0.2) is 32.1 Å². The lowest BCUT2D eigenvalue weighted by Crippen LogP contribution is -2.37. The minimum atomic E-state index is -0.906. The number of imide groups is 1. The van der Waals surface area contributed by atoms with Crippen LogP contribution in [0, 0.1) is 5.92 Å². The van der Waals surface area contributed by atoms with Gasteiger partial charge in [-0.25, -0.2) is 9.96 Å². The Morgan fingerprint density at radius 2 is 1.28 bits per heavy atom. The molecule has 3 aromatic rings. The smallest absolute Gasteiger partial charge is 0.266 e. The zero-order chi connectivity index (χ0) is 22.2. The normalized spacial score (nSPS) is 22.2. The summed E-state index contributed by atoms with van der Waals surface area (Å²) in [5.41, 5.74) is 2.14. The van der Waals surface area contributed by atoms with Gasteiger partial charge < -0.3 is 9.47 Å². The maximum absolute atomic E-state index is 13.6. The molecule has 2 aliphatic heterocycles. The summed E-state index contributed by atoms with van der Waals surface area (Å²) < 4.78 is 10.4. The molecule has 2 heterocycles. The SMILES string of the molecule is COc1ccc(N2C(=O)[C@H]3[C@H](ON(c4ccc(OC)cc4)[C@H]3c3ccccc3)C2=O)cc1. The molecule has 3 atom stereocenters. The third kappa shape index (κ3) is 3.18. The maximum Gasteiger partial charge on any atom is 0.266 e. The second-order valence-electron chi connectivity index (χ2n) is 7.64. The van der Waals surface area contributed by atoms with E-state index >= 15 is 0 Å². The van der Waals surface area contributed by atoms with Crippen LogP contribution in [0.4, 0.5) is 11.4 Å². The molecule has 5 rings (SSSR count). The van der Waals surface area contributed by atoms with Crippen molar-refractivity contribution in [3.8, 4) is 11.5 Å². The van der Waals surface area contributed by atoms with Gasteiger partial charge in [0, 0.05) is 0 Å². The van der Waals surface area contributed by atoms with Crippen molar-refractivity contribution in [1.29, 1.82) is 0 Å². The number of carbonyl (C=O) groups excluding carboxylic acids is 2. The van der Waals surface area contributed by atoms with Gasteiger partial charge in [-0.15, -0.1) is 0 Å². The van der Waals surface area contributed by atoms with Crippen LogP contribution in [-0.2, 0) is 14.4 Å². The van der Waals surface area contributed by atoms with Crippen LogP contribution in [0.15, 0.2) is 78.9 Å². The van der Waals surface area contributed by atoms with E-state index in [4.69, 9.17) is 14.3 Å². The van der Waals surface area contributed by atoms with Crippen LogP contribution >= 0.6 is 0 Å². The van der Waals surface area contributed by atoms with Gasteiger partial charge in [-0.05, 0) is 54.1 Å². The average molecular weight is 430 g/mol. The molecular formula is C25H22N2O5. The standard InChI is InChI=1S/C25H22N2O5/c1-30-19-12-8-17(9-13-19)26-24(28)21-22(16-6-4-3-5-7-16)27(32-23(21)25(26)29)18-10-14-20(31-2)15-11-18/h3-15,21-23H,1-2H3/t21-,22+,23+/m1/s1. The largest absolute Gasteiger partial charge is 0.497 e. The molecule has 2 amide bonds. The number of amides is 2. The number of fused-ring (bicyclic) bond motifs is 1. The fourth-order valence-electron chi connectivity index (χ4n) is 4.34. The summed E-state index contributed by atoms with van der Waals surface area (Å²) in [6.07, 6.45) is -0.906. The Morgan fingerprint density at radius 1 is 0.719 bits per heavy atom. The zero-order valence-corrected chi connectivity index (χ0v) is 17.7. The highest BCUT2D eigenvalue weighted by molar-refractivity contribution is 6.23. The zero-order valence-electron chi connectivity index (χ0n) is 17.7. The number of carbonyl (C=O) groups is 2. The topological polar surface area (TPSA) is 68.3 Å². The van der Waals surface area contributed by atoms with E-state index in [0.29, 0.717) is 17.2 Å². The van der Waals surface area contributed by atoms with E-state index in [0.717, 1.165) is 11.3 Å². The van der Waals surface area contributed by atoms with Crippen molar-refractivity contribution in [1.82, 2.24) is 0 Å². The van der Waals surface area contributed by atoms with E-state index in [1.807, 2.05) is 54.6 Å². The number of hydrogen-bond acceptors (Lipinski definition) is 6. The molecule has 0 unspecified atom stereocenters. The molecule has 7 heteroatoms. The highest BCUT2D eigenvalue weighted by atomic mass is 16.7. The van der Waals surface area contributed by atoms with Gasteiger partial charge in [-0.3, -0.25) is 14.4 Å². The molecule has 162 valence electrons. The summed E-state index contributed by atoms with van der Waals surface area (Å²) in [5.74, 6) is 0.0330. The van der Waals surface area contributed by atoms with Gasteiger partial charge in [-0.1, -0.05) is 30.3 Å². The van der Waals surface area contributed by atoms with Crippen molar-refractivity contribution in [3.05, 3.63) is 84.4 Å². The molecule has 0 aromatic heterocycles. The Balaban J connectivity index is 1.53. The average Bonchev–Trinajstić information content (AvgIpc) is 3.36. The fourth-order valence-corrected chi connectivity index (χ4v) is 4.34. The molecule has 0 bridgehead atoms. The van der Waals surface area contributed by atoms with E-state index in [1.165, 1.54) is 4.90 Å². The van der Waals surface area contributed by atoms with Crippen LogP contribution in [0.1, 0.15) is 11.6 Å². The molecule has 0 radical (unpaired) electrons. The second-order valence-corrected chi connectivity index (χ2v) is 7.64. The summed E-state index contributed by atoms with van der Waals surface area (Å²) in [7, 11) is 3.17. The second kappa shape index (κ2) is 8.01. The number of nitrogens with zero attached hydrogens (tertiary/aromatic N) is 2. The van der Waals surface area contributed by atoms with E-state index in [1.54, 1.807) is 43.5 Å². The quantitative estimate of drug-likeness (QED) is 0.575. The Bertz CT molecular complexity index is 1130. The van der Waals surface area contributed by atoms with Gasteiger partial charge in [-0.2, -0.15) is 0 Å². The number of rotatable bonds is 5. The van der Waals surface area contributed by atoms with Crippen LogP contribution in [0.25, 0.3) is 0 Å². The lowest BCUT2D eigenvalue weighted by Gasteiger charge is -2.28. The van der Waals surface area contributed by atoms with Gasteiger partial charge in [0.1, 0.15) is 17.4 Å². The van der Waals surface area contributed by atoms with E-state index < -0.39 is 18.1 Å². The highest BCUT2D eigenvalue weighted by Crippen LogP contribution is 2.47. The van der Waals surface area contributed by atoms with Crippen LogP contribution in [0.2, 0.25) is 0 Å². The van der Waals surface area contributed by atoms with Crippen molar-refractivity contribution in [2.75, 3.05) is 24.2 Å². The van der Waals surface area contributed by atoms with E-state index in [2.05, 4.69) is 0 Å². The Hall–Kier alpha value is -3.84. The molecule has 2 saturated heterocycles. The molecule has 32 heavy (non-hydrogen) atoms. The van der Waals surface area contributed by atoms with Gasteiger partial charge in [0.2, 0.25) is 5.91 Å². The first-order valence-electron chi connectivity index (χ1n) is 10.3. The molecule has 2 aliphatic rings. The number of ether oxygens (including phenoxy) is 2. The molecule has 3 aromatic carbocycles. The summed E-state index contributed by atoms with van der Waals surface area (Å²) in [6, 6.07) is 23.4. The number of hydroxylamine groups is 1. The Labute approximate surface area is 185 Å². The Kier molecular flexibility index (Phi) is 5.03. The van der Waals surface area contributed by atoms with Gasteiger partial charge in [0.15, 0.2) is 6.10 Å². The van der Waals surface area contributed by atoms with Crippen molar-refractivity contribution >= 4 is 23.2 Å². The first-order valence-corrected chi connectivity index (χ1v) is 10.3. The molecule has 0 spiro atoms. The molecular weight excluding hydrogens is 408 g/mol. The van der Waals surface area contributed by atoms with Gasteiger partial charge >= 0.3 is 0 Å². The Morgan fingerprint density at radius 3 is 1.84 bits per heavy atom. The monoisotopic (exact) mass is 430 g/mol. The lowest BCUT2D eigenvalue weighted by molar-refractivity contribution is -0.126. The van der Waals surface area contributed by atoms with E-state index in [-0.39, 0.29) is 11.8 Å². The first-order chi connectivity index (χ1) is 15.6. The minimum absolute atomic E-state index is 0.282. The molecule has 0 N–H and O–H groups in total. The highest BCUT2D eigenvalue weighted by Gasteiger charge is 2.60. The molecule has 0 saturated carbocycles. The summed E-state index contributed by atoms with van der Waals surface area (Å²) in [5, 5.41) is 1.67. The van der Waals surface area contributed by atoms with Crippen molar-refractivity contribution in [2.24, 2.45) is 5.92 Å². The number of benzene rings is 3. The lowest BCUT2D eigenvalue weighted by atomic mass is 9.90. The summed E-state index contributed by atoms with van der Waals surface area (Å²) >= 11 is 0. The molecule has 7 nitrogen and oxygen atoms in total.